The quantitative estimate of drug-likeness (QED) is 0.321. The molecule has 2 N–H and O–H groups in total. The Morgan fingerprint density at radius 1 is 0.978 bits per heavy atom. The van der Waals surface area contributed by atoms with Crippen LogP contribution in [0.3, 0.4) is 0 Å². The molecule has 2 aliphatic rings. The van der Waals surface area contributed by atoms with Gasteiger partial charge in [0.1, 0.15) is 12.3 Å². The molecular formula is C31H37F3N4O5S2. The summed E-state index contributed by atoms with van der Waals surface area (Å²) in [6.07, 6.45) is 1.51. The number of alkyl halides is 3. The highest BCUT2D eigenvalue weighted by molar-refractivity contribution is 7.91. The van der Waals surface area contributed by atoms with Crippen molar-refractivity contribution in [3.05, 3.63) is 48.2 Å². The molecule has 1 aliphatic heterocycles. The fourth-order valence-electron chi connectivity index (χ4n) is 6.03. The van der Waals surface area contributed by atoms with E-state index in [2.05, 4.69) is 27.4 Å². The van der Waals surface area contributed by atoms with Gasteiger partial charge in [-0.1, -0.05) is 12.0 Å². The summed E-state index contributed by atoms with van der Waals surface area (Å²) in [6.45, 7) is 0.0535. The van der Waals surface area contributed by atoms with E-state index in [9.17, 15) is 30.0 Å². The highest BCUT2D eigenvalue weighted by Crippen LogP contribution is 2.34. The number of hydrogen-bond donors (Lipinski definition) is 2. The minimum atomic E-state index is -4.45. The number of sulfone groups is 2. The number of nitrogens with zero attached hydrogens (tertiary/aromatic N) is 2. The van der Waals surface area contributed by atoms with Gasteiger partial charge in [0.05, 0.1) is 40.7 Å². The summed E-state index contributed by atoms with van der Waals surface area (Å²) in [5.74, 6) is 6.07. The standard InChI is InChI=1S/C31H37F3N4O5S2/c1-43-30-17-24(44(2,39)40)13-14-28(30)35-15-5-6-23-16-26-27(7-4-8-29(26)38(23)20-31(32,33)34)36-21-9-11-22(12-10-21)37-18-25(19-37)45(3,41)42/h4,7-8,13-14,16-17,21-22,25,35-36H,9-12,15,18-20H2,1-3H3. The van der Waals surface area contributed by atoms with Crippen molar-refractivity contribution in [2.45, 2.75) is 60.6 Å². The summed E-state index contributed by atoms with van der Waals surface area (Å²) >= 11 is 0. The highest BCUT2D eigenvalue weighted by Gasteiger charge is 2.39. The van der Waals surface area contributed by atoms with Crippen LogP contribution in [0.4, 0.5) is 24.5 Å². The van der Waals surface area contributed by atoms with Gasteiger partial charge in [-0.2, -0.15) is 13.2 Å². The van der Waals surface area contributed by atoms with Gasteiger partial charge in [0.2, 0.25) is 0 Å². The molecule has 2 heterocycles. The Balaban J connectivity index is 1.30. The lowest BCUT2D eigenvalue weighted by Gasteiger charge is -2.46. The molecule has 5 rings (SSSR count). The van der Waals surface area contributed by atoms with Crippen LogP contribution in [0.15, 0.2) is 47.4 Å². The largest absolute Gasteiger partial charge is 0.495 e. The molecule has 0 bridgehead atoms. The summed E-state index contributed by atoms with van der Waals surface area (Å²) in [4.78, 5) is 2.34. The molecule has 1 aliphatic carbocycles. The summed E-state index contributed by atoms with van der Waals surface area (Å²) in [6, 6.07) is 11.8. The van der Waals surface area contributed by atoms with Crippen molar-refractivity contribution in [3.8, 4) is 17.6 Å². The van der Waals surface area contributed by atoms with Crippen LogP contribution in [0, 0.1) is 11.8 Å². The summed E-state index contributed by atoms with van der Waals surface area (Å²) < 4.78 is 94.6. The molecule has 0 atom stereocenters. The molecule has 244 valence electrons. The molecular weight excluding hydrogens is 629 g/mol. The summed E-state index contributed by atoms with van der Waals surface area (Å²) in [5, 5.41) is 6.95. The second kappa shape index (κ2) is 12.8. The van der Waals surface area contributed by atoms with E-state index in [0.29, 0.717) is 41.5 Å². The van der Waals surface area contributed by atoms with Crippen LogP contribution >= 0.6 is 0 Å². The van der Waals surface area contributed by atoms with Crippen molar-refractivity contribution in [3.63, 3.8) is 0 Å². The zero-order valence-corrected chi connectivity index (χ0v) is 26.9. The van der Waals surface area contributed by atoms with Crippen LogP contribution in [-0.4, -0.2) is 89.1 Å². The molecule has 3 aromatic rings. The van der Waals surface area contributed by atoms with E-state index in [1.54, 1.807) is 24.3 Å². The maximum absolute atomic E-state index is 13.6. The fraction of sp³-hybridized carbons (Fsp3) is 0.484. The van der Waals surface area contributed by atoms with E-state index in [4.69, 9.17) is 4.74 Å². The summed E-state index contributed by atoms with van der Waals surface area (Å²) in [5.41, 5.74) is 1.89. The number of aromatic nitrogens is 1. The number of hydrogen-bond acceptors (Lipinski definition) is 8. The lowest BCUT2D eigenvalue weighted by molar-refractivity contribution is -0.140. The minimum Gasteiger partial charge on any atom is -0.495 e. The third-order valence-electron chi connectivity index (χ3n) is 8.52. The van der Waals surface area contributed by atoms with E-state index in [1.165, 1.54) is 30.1 Å². The number of methoxy groups -OCH3 is 1. The molecule has 14 heteroatoms. The van der Waals surface area contributed by atoms with E-state index in [0.717, 1.165) is 37.6 Å². The van der Waals surface area contributed by atoms with Crippen molar-refractivity contribution in [1.82, 2.24) is 9.47 Å². The maximum atomic E-state index is 13.6. The highest BCUT2D eigenvalue weighted by atomic mass is 32.2. The van der Waals surface area contributed by atoms with Gasteiger partial charge in [0, 0.05) is 54.8 Å². The SMILES string of the molecule is COc1cc(S(C)(=O)=O)ccc1NCC#Cc1cc2c(NC3CCC(N4CC(S(C)(=O)=O)C4)CC3)cccc2n1CC(F)(F)F. The van der Waals surface area contributed by atoms with Gasteiger partial charge < -0.3 is 19.9 Å². The number of fused-ring (bicyclic) bond motifs is 1. The van der Waals surface area contributed by atoms with Crippen LogP contribution in [0.2, 0.25) is 0 Å². The smallest absolute Gasteiger partial charge is 0.406 e. The first-order valence-electron chi connectivity index (χ1n) is 14.6. The molecule has 0 spiro atoms. The van der Waals surface area contributed by atoms with Crippen molar-refractivity contribution < 1.29 is 34.7 Å². The third-order valence-corrected chi connectivity index (χ3v) is 11.1. The normalized spacial score (nSPS) is 19.9. The van der Waals surface area contributed by atoms with E-state index in [1.807, 2.05) is 6.07 Å². The Kier molecular flexibility index (Phi) is 9.35. The number of halogens is 3. The number of nitrogens with one attached hydrogen (secondary N) is 2. The predicted octanol–water partition coefficient (Wildman–Crippen LogP) is 4.53. The van der Waals surface area contributed by atoms with Crippen molar-refractivity contribution in [2.75, 3.05) is 49.9 Å². The first-order valence-corrected chi connectivity index (χ1v) is 18.5. The van der Waals surface area contributed by atoms with E-state index >= 15 is 0 Å². The Bertz CT molecular complexity index is 1830. The minimum absolute atomic E-state index is 0.0818. The van der Waals surface area contributed by atoms with E-state index in [-0.39, 0.29) is 28.4 Å². The number of benzene rings is 2. The third kappa shape index (κ3) is 7.88. The average molecular weight is 667 g/mol. The molecule has 0 unspecified atom stereocenters. The van der Waals surface area contributed by atoms with Crippen LogP contribution in [0.25, 0.3) is 10.9 Å². The molecule has 2 fully saturated rings. The molecule has 0 amide bonds. The van der Waals surface area contributed by atoms with Gasteiger partial charge >= 0.3 is 6.18 Å². The Morgan fingerprint density at radius 3 is 2.31 bits per heavy atom. The molecule has 9 nitrogen and oxygen atoms in total. The zero-order valence-electron chi connectivity index (χ0n) is 25.3. The molecule has 0 radical (unpaired) electrons. The number of rotatable bonds is 9. The van der Waals surface area contributed by atoms with Gasteiger partial charge in [-0.15, -0.1) is 0 Å². The van der Waals surface area contributed by atoms with Gasteiger partial charge in [0.15, 0.2) is 19.7 Å². The molecule has 1 saturated heterocycles. The topological polar surface area (TPSA) is 110 Å². The molecule has 2 aromatic carbocycles. The fourth-order valence-corrected chi connectivity index (χ4v) is 7.59. The van der Waals surface area contributed by atoms with Crippen LogP contribution in [0.1, 0.15) is 31.4 Å². The zero-order chi connectivity index (χ0) is 32.6. The second-order valence-electron chi connectivity index (χ2n) is 11.8. The number of ether oxygens (including phenoxy) is 1. The lowest BCUT2D eigenvalue weighted by atomic mass is 9.88. The number of likely N-dealkylation sites (tertiary alicyclic amines) is 1. The van der Waals surface area contributed by atoms with Crippen LogP contribution in [-0.2, 0) is 26.2 Å². The summed E-state index contributed by atoms with van der Waals surface area (Å²) in [7, 11) is -5.03. The molecule has 1 saturated carbocycles. The van der Waals surface area contributed by atoms with Gasteiger partial charge in [-0.05, 0) is 61.9 Å². The van der Waals surface area contributed by atoms with E-state index < -0.39 is 32.4 Å². The Labute approximate surface area is 262 Å². The van der Waals surface area contributed by atoms with Gasteiger partial charge in [-0.25, -0.2) is 16.8 Å². The van der Waals surface area contributed by atoms with Gasteiger partial charge in [0.25, 0.3) is 0 Å². The molecule has 45 heavy (non-hydrogen) atoms. The predicted molar refractivity (Wildman–Crippen MR) is 169 cm³/mol. The van der Waals surface area contributed by atoms with Crippen LogP contribution in [0.5, 0.6) is 5.75 Å². The average Bonchev–Trinajstić information content (AvgIpc) is 3.26. The van der Waals surface area contributed by atoms with Crippen molar-refractivity contribution in [1.29, 1.82) is 0 Å². The van der Waals surface area contributed by atoms with Crippen molar-refractivity contribution in [2.24, 2.45) is 0 Å². The molecule has 1 aromatic heterocycles. The lowest BCUT2D eigenvalue weighted by Crippen LogP contribution is -2.59. The Morgan fingerprint density at radius 2 is 1.69 bits per heavy atom. The first kappa shape index (κ1) is 33.0. The number of anilines is 2. The van der Waals surface area contributed by atoms with Gasteiger partial charge in [-0.3, -0.25) is 4.90 Å². The maximum Gasteiger partial charge on any atom is 0.406 e. The second-order valence-corrected chi connectivity index (χ2v) is 16.2. The monoisotopic (exact) mass is 666 g/mol. The Hall–Kier alpha value is -3.41. The van der Waals surface area contributed by atoms with Crippen LogP contribution < -0.4 is 15.4 Å². The first-order chi connectivity index (χ1) is 21.1. The van der Waals surface area contributed by atoms with Crippen molar-refractivity contribution >= 4 is 42.0 Å².